The molecule has 1 aliphatic rings. The predicted octanol–water partition coefficient (Wildman–Crippen LogP) is 4.52. The molecule has 0 aromatic heterocycles. The van der Waals surface area contributed by atoms with Crippen molar-refractivity contribution in [2.24, 2.45) is 5.92 Å². The number of rotatable bonds is 15. The van der Waals surface area contributed by atoms with E-state index in [1.165, 1.54) is 0 Å². The second kappa shape index (κ2) is 15.2. The summed E-state index contributed by atoms with van der Waals surface area (Å²) >= 11 is 0. The van der Waals surface area contributed by atoms with Crippen LogP contribution in [0.15, 0.2) is 96.3 Å². The number of benzene rings is 3. The number of carboxylic acid groups (broad SMARTS) is 1. The fourth-order valence-electron chi connectivity index (χ4n) is 4.63. The minimum atomic E-state index is -0.947. The van der Waals surface area contributed by atoms with Gasteiger partial charge in [-0.3, -0.25) is 0 Å². The van der Waals surface area contributed by atoms with E-state index in [0.717, 1.165) is 40.0 Å². The lowest BCUT2D eigenvalue weighted by Crippen LogP contribution is -2.31. The first-order valence-electron chi connectivity index (χ1n) is 13.7. The molecule has 0 saturated carbocycles. The van der Waals surface area contributed by atoms with Gasteiger partial charge < -0.3 is 35.2 Å². The van der Waals surface area contributed by atoms with E-state index in [2.05, 4.69) is 5.32 Å². The van der Waals surface area contributed by atoms with Crippen LogP contribution < -0.4 is 10.1 Å². The smallest absolute Gasteiger partial charge is 0.335 e. The third-order valence-electron chi connectivity index (χ3n) is 7.00. The second-order valence-corrected chi connectivity index (χ2v) is 10.0. The fourth-order valence-corrected chi connectivity index (χ4v) is 4.63. The minimum Gasteiger partial charge on any atom is -0.512 e. The monoisotopic (exact) mass is 559 g/mol. The molecule has 8 heteroatoms. The van der Waals surface area contributed by atoms with Crippen LogP contribution in [0.2, 0.25) is 0 Å². The highest BCUT2D eigenvalue weighted by Crippen LogP contribution is 2.25. The number of ether oxygens (including phenoxy) is 2. The van der Waals surface area contributed by atoms with Gasteiger partial charge in [0, 0.05) is 12.5 Å². The number of carboxylic acids is 1. The van der Waals surface area contributed by atoms with Crippen molar-refractivity contribution in [1.82, 2.24) is 5.32 Å². The molecule has 0 saturated heterocycles. The number of aliphatic hydroxyl groups excluding tert-OH is 3. The number of aromatic carboxylic acids is 1. The Morgan fingerprint density at radius 3 is 2.46 bits per heavy atom. The summed E-state index contributed by atoms with van der Waals surface area (Å²) in [6.45, 7) is 2.23. The number of nitrogens with one attached hydrogen (secondary N) is 1. The van der Waals surface area contributed by atoms with Crippen LogP contribution in [0.3, 0.4) is 0 Å². The Labute approximate surface area is 240 Å². The molecule has 0 spiro atoms. The Balaban J connectivity index is 1.12. The van der Waals surface area contributed by atoms with Gasteiger partial charge in [0.1, 0.15) is 12.4 Å². The zero-order valence-electron chi connectivity index (χ0n) is 22.9. The first-order chi connectivity index (χ1) is 19.9. The van der Waals surface area contributed by atoms with Gasteiger partial charge in [-0.1, -0.05) is 48.5 Å². The van der Waals surface area contributed by atoms with E-state index in [4.69, 9.17) is 9.47 Å². The van der Waals surface area contributed by atoms with Gasteiger partial charge in [0.05, 0.1) is 37.2 Å². The van der Waals surface area contributed by atoms with Gasteiger partial charge in [-0.2, -0.15) is 0 Å². The van der Waals surface area contributed by atoms with Gasteiger partial charge in [0.15, 0.2) is 0 Å². The molecule has 41 heavy (non-hydrogen) atoms. The number of hydrogen-bond acceptors (Lipinski definition) is 7. The van der Waals surface area contributed by atoms with Crippen LogP contribution in [0.1, 0.15) is 27.9 Å². The summed E-state index contributed by atoms with van der Waals surface area (Å²) in [4.78, 5) is 11.3. The first kappa shape index (κ1) is 30.0. The number of carbonyl (C=O) groups is 1. The molecule has 4 rings (SSSR count). The molecule has 0 aliphatic heterocycles. The van der Waals surface area contributed by atoms with Crippen molar-refractivity contribution >= 4 is 5.97 Å². The third kappa shape index (κ3) is 9.03. The molecule has 0 bridgehead atoms. The first-order valence-corrected chi connectivity index (χ1v) is 13.7. The SMILES string of the molecule is O=C(O)c1cccc(-c2cccc(COCCOc3ccc(CCNCC(O)C4=CC=C(O)C(CO)C4)cc3)c2)c1. The molecular weight excluding hydrogens is 522 g/mol. The average molecular weight is 560 g/mol. The normalized spacial score (nSPS) is 15.6. The fraction of sp³-hybridized carbons (Fsp3) is 0.303. The Morgan fingerprint density at radius 1 is 0.951 bits per heavy atom. The van der Waals surface area contributed by atoms with Gasteiger partial charge in [0.25, 0.3) is 0 Å². The largest absolute Gasteiger partial charge is 0.512 e. The Kier molecular flexibility index (Phi) is 11.1. The van der Waals surface area contributed by atoms with Crippen molar-refractivity contribution in [3.8, 4) is 16.9 Å². The van der Waals surface area contributed by atoms with Crippen LogP contribution >= 0.6 is 0 Å². The lowest BCUT2D eigenvalue weighted by molar-refractivity contribution is 0.0697. The van der Waals surface area contributed by atoms with E-state index in [0.29, 0.717) is 39.3 Å². The van der Waals surface area contributed by atoms with Crippen LogP contribution in [0.25, 0.3) is 11.1 Å². The van der Waals surface area contributed by atoms with Crippen LogP contribution in [0, 0.1) is 5.92 Å². The predicted molar refractivity (Wildman–Crippen MR) is 157 cm³/mol. The van der Waals surface area contributed by atoms with Gasteiger partial charge in [0.2, 0.25) is 0 Å². The van der Waals surface area contributed by atoms with Crippen LogP contribution in [0.5, 0.6) is 5.75 Å². The van der Waals surface area contributed by atoms with Crippen molar-refractivity contribution in [2.75, 3.05) is 32.9 Å². The minimum absolute atomic E-state index is 0.143. The zero-order chi connectivity index (χ0) is 29.0. The maximum atomic E-state index is 11.3. The molecule has 0 heterocycles. The molecule has 2 unspecified atom stereocenters. The van der Waals surface area contributed by atoms with Gasteiger partial charge in [-0.25, -0.2) is 4.79 Å². The lowest BCUT2D eigenvalue weighted by atomic mass is 9.90. The highest BCUT2D eigenvalue weighted by atomic mass is 16.5. The van der Waals surface area contributed by atoms with E-state index >= 15 is 0 Å². The molecule has 3 aromatic rings. The van der Waals surface area contributed by atoms with Crippen molar-refractivity contribution < 1.29 is 34.7 Å². The van der Waals surface area contributed by atoms with Gasteiger partial charge in [-0.05, 0) is 83.6 Å². The van der Waals surface area contributed by atoms with E-state index in [1.54, 1.807) is 30.4 Å². The quantitative estimate of drug-likeness (QED) is 0.172. The van der Waals surface area contributed by atoms with Gasteiger partial charge in [-0.15, -0.1) is 0 Å². The summed E-state index contributed by atoms with van der Waals surface area (Å²) in [5.41, 5.74) is 4.99. The van der Waals surface area contributed by atoms with Crippen LogP contribution in [0.4, 0.5) is 0 Å². The number of allylic oxidation sites excluding steroid dienone is 2. The maximum Gasteiger partial charge on any atom is 0.335 e. The number of hydrogen-bond donors (Lipinski definition) is 5. The average Bonchev–Trinajstić information content (AvgIpc) is 3.00. The number of aliphatic hydroxyl groups is 3. The topological polar surface area (TPSA) is 128 Å². The molecule has 5 N–H and O–H groups in total. The maximum absolute atomic E-state index is 11.3. The van der Waals surface area contributed by atoms with Gasteiger partial charge >= 0.3 is 5.97 Å². The van der Waals surface area contributed by atoms with Crippen molar-refractivity contribution in [3.05, 3.63) is 113 Å². The molecule has 2 atom stereocenters. The third-order valence-corrected chi connectivity index (χ3v) is 7.00. The van der Waals surface area contributed by atoms with E-state index < -0.39 is 12.1 Å². The summed E-state index contributed by atoms with van der Waals surface area (Å²) in [6, 6.07) is 22.6. The van der Waals surface area contributed by atoms with Crippen LogP contribution in [-0.4, -0.2) is 65.4 Å². The second-order valence-electron chi connectivity index (χ2n) is 10.0. The zero-order valence-corrected chi connectivity index (χ0v) is 22.9. The van der Waals surface area contributed by atoms with Crippen molar-refractivity contribution in [1.29, 1.82) is 0 Å². The summed E-state index contributed by atoms with van der Waals surface area (Å²) < 4.78 is 11.6. The van der Waals surface area contributed by atoms with Crippen molar-refractivity contribution in [2.45, 2.75) is 25.6 Å². The molecule has 1 aliphatic carbocycles. The summed E-state index contributed by atoms with van der Waals surface area (Å²) in [5.74, 6) is -0.370. The Bertz CT molecular complexity index is 1350. The molecule has 216 valence electrons. The van der Waals surface area contributed by atoms with Crippen LogP contribution in [-0.2, 0) is 17.8 Å². The van der Waals surface area contributed by atoms with Crippen molar-refractivity contribution in [3.63, 3.8) is 0 Å². The Hall–Kier alpha value is -3.95. The lowest BCUT2D eigenvalue weighted by Gasteiger charge is -2.23. The molecule has 8 nitrogen and oxygen atoms in total. The van der Waals surface area contributed by atoms with E-state index in [1.807, 2.05) is 54.6 Å². The van der Waals surface area contributed by atoms with E-state index in [9.17, 15) is 25.2 Å². The molecule has 3 aromatic carbocycles. The molecule has 0 radical (unpaired) electrons. The van der Waals surface area contributed by atoms with E-state index in [-0.39, 0.29) is 23.8 Å². The summed E-state index contributed by atoms with van der Waals surface area (Å²) in [5, 5.41) is 42.0. The highest BCUT2D eigenvalue weighted by Gasteiger charge is 2.22. The molecule has 0 fully saturated rings. The molecular formula is C33H37NO7. The standard InChI is InChI=1S/C33H37NO7/c35-21-29-19-27(9-12-31(29)36)32(37)20-34-14-13-23-7-10-30(11-8-23)41-16-15-40-22-24-3-1-4-25(17-24)26-5-2-6-28(18-26)33(38)39/h1-12,17-18,29,32,34-37H,13-16,19-22H2,(H,38,39). The summed E-state index contributed by atoms with van der Waals surface area (Å²) in [6.07, 6.45) is 3.86. The molecule has 0 amide bonds. The Morgan fingerprint density at radius 2 is 1.71 bits per heavy atom. The summed E-state index contributed by atoms with van der Waals surface area (Å²) in [7, 11) is 0. The highest BCUT2D eigenvalue weighted by molar-refractivity contribution is 5.89.